The molecule has 29 heavy (non-hydrogen) atoms. The number of hydrogen-bond donors (Lipinski definition) is 1. The molecular weight excluding hydrogens is 415 g/mol. The molecular formula is C21H22Cl2N2O4. The third-order valence-corrected chi connectivity index (χ3v) is 4.99. The number of halogens is 2. The average molecular weight is 437 g/mol. The summed E-state index contributed by atoms with van der Waals surface area (Å²) in [5.74, 6) is -0.812. The van der Waals surface area contributed by atoms with Crippen molar-refractivity contribution < 1.29 is 19.1 Å². The molecule has 1 amide bonds. The van der Waals surface area contributed by atoms with Gasteiger partial charge in [0.25, 0.3) is 5.91 Å². The maximum absolute atomic E-state index is 12.6. The molecule has 2 aromatic rings. The minimum atomic E-state index is -0.422. The molecule has 1 fully saturated rings. The van der Waals surface area contributed by atoms with Gasteiger partial charge in [0.2, 0.25) is 0 Å². The number of carbonyl (C=O) groups is 2. The smallest absolute Gasteiger partial charge is 0.340 e. The Balaban J connectivity index is 1.87. The van der Waals surface area contributed by atoms with Crippen LogP contribution in [0.15, 0.2) is 36.4 Å². The Morgan fingerprint density at radius 1 is 1.10 bits per heavy atom. The molecule has 1 aliphatic rings. The zero-order chi connectivity index (χ0) is 20.8. The summed E-state index contributed by atoms with van der Waals surface area (Å²) in [5, 5.41) is 3.48. The standard InChI is InChI=1S/C21H22Cl2N2O4/c1-2-9-29-21(27)17-13-15(4-6-19(17)25-7-10-28-11-8-25)24-20(26)16-5-3-14(22)12-18(16)23/h3-6,12-13H,2,7-11H2,1H3,(H,24,26). The number of ether oxygens (including phenoxy) is 2. The van der Waals surface area contributed by atoms with Crippen LogP contribution >= 0.6 is 23.2 Å². The second-order valence-electron chi connectivity index (χ2n) is 6.55. The van der Waals surface area contributed by atoms with Gasteiger partial charge in [-0.1, -0.05) is 30.1 Å². The molecule has 1 heterocycles. The van der Waals surface area contributed by atoms with Crippen LogP contribution in [0.25, 0.3) is 0 Å². The average Bonchev–Trinajstić information content (AvgIpc) is 2.72. The van der Waals surface area contributed by atoms with E-state index in [2.05, 4.69) is 10.2 Å². The molecule has 0 aliphatic carbocycles. The fourth-order valence-corrected chi connectivity index (χ4v) is 3.50. The lowest BCUT2D eigenvalue weighted by atomic mass is 10.1. The van der Waals surface area contributed by atoms with Crippen molar-refractivity contribution in [3.63, 3.8) is 0 Å². The van der Waals surface area contributed by atoms with Gasteiger partial charge in [-0.05, 0) is 42.8 Å². The van der Waals surface area contributed by atoms with E-state index in [1.54, 1.807) is 24.3 Å². The van der Waals surface area contributed by atoms with E-state index in [9.17, 15) is 9.59 Å². The molecule has 8 heteroatoms. The molecule has 0 aromatic heterocycles. The minimum absolute atomic E-state index is 0.252. The van der Waals surface area contributed by atoms with Crippen molar-refractivity contribution >= 4 is 46.5 Å². The van der Waals surface area contributed by atoms with Crippen LogP contribution in [0.3, 0.4) is 0 Å². The van der Waals surface area contributed by atoms with E-state index in [1.165, 1.54) is 6.07 Å². The number of carbonyl (C=O) groups excluding carboxylic acids is 2. The highest BCUT2D eigenvalue weighted by atomic mass is 35.5. The molecule has 0 atom stereocenters. The molecule has 0 unspecified atom stereocenters. The van der Waals surface area contributed by atoms with Gasteiger partial charge in [-0.25, -0.2) is 4.79 Å². The van der Waals surface area contributed by atoms with E-state index >= 15 is 0 Å². The number of nitrogens with one attached hydrogen (secondary N) is 1. The van der Waals surface area contributed by atoms with Crippen LogP contribution in [-0.4, -0.2) is 44.8 Å². The topological polar surface area (TPSA) is 67.9 Å². The van der Waals surface area contributed by atoms with Crippen LogP contribution in [0.2, 0.25) is 10.0 Å². The Labute approximate surface area is 179 Å². The maximum atomic E-state index is 12.6. The number of anilines is 2. The zero-order valence-electron chi connectivity index (χ0n) is 16.0. The van der Waals surface area contributed by atoms with Crippen molar-refractivity contribution in [3.05, 3.63) is 57.6 Å². The second-order valence-corrected chi connectivity index (χ2v) is 7.39. The molecule has 1 N–H and O–H groups in total. The van der Waals surface area contributed by atoms with Gasteiger partial charge in [0, 0.05) is 23.8 Å². The molecule has 0 spiro atoms. The lowest BCUT2D eigenvalue weighted by Gasteiger charge is -2.30. The summed E-state index contributed by atoms with van der Waals surface area (Å²) in [6.07, 6.45) is 0.726. The summed E-state index contributed by atoms with van der Waals surface area (Å²) < 4.78 is 10.7. The number of morpholine rings is 1. The quantitative estimate of drug-likeness (QED) is 0.667. The third-order valence-electron chi connectivity index (χ3n) is 4.44. The van der Waals surface area contributed by atoms with Crippen molar-refractivity contribution in [1.29, 1.82) is 0 Å². The van der Waals surface area contributed by atoms with E-state index in [0.29, 0.717) is 54.7 Å². The van der Waals surface area contributed by atoms with Gasteiger partial charge in [-0.2, -0.15) is 0 Å². The minimum Gasteiger partial charge on any atom is -0.462 e. The first-order valence-corrected chi connectivity index (χ1v) is 10.2. The van der Waals surface area contributed by atoms with Crippen LogP contribution in [0.1, 0.15) is 34.1 Å². The molecule has 0 saturated carbocycles. The van der Waals surface area contributed by atoms with Crippen molar-refractivity contribution in [2.45, 2.75) is 13.3 Å². The first-order valence-electron chi connectivity index (χ1n) is 9.40. The molecule has 3 rings (SSSR count). The van der Waals surface area contributed by atoms with Crippen molar-refractivity contribution in [1.82, 2.24) is 0 Å². The molecule has 1 saturated heterocycles. The number of nitrogens with zero attached hydrogens (tertiary/aromatic N) is 1. The Kier molecular flexibility index (Phi) is 7.36. The predicted octanol–water partition coefficient (Wildman–Crippen LogP) is 4.65. The first-order chi connectivity index (χ1) is 14.0. The monoisotopic (exact) mass is 436 g/mol. The molecule has 1 aliphatic heterocycles. The fraction of sp³-hybridized carbons (Fsp3) is 0.333. The van der Waals surface area contributed by atoms with Gasteiger partial charge in [0.05, 0.1) is 41.7 Å². The van der Waals surface area contributed by atoms with Crippen molar-refractivity contribution in [2.75, 3.05) is 43.1 Å². The summed E-state index contributed by atoms with van der Waals surface area (Å²) >= 11 is 12.0. The normalized spacial score (nSPS) is 13.8. The first kappa shape index (κ1) is 21.4. The number of esters is 1. The highest BCUT2D eigenvalue weighted by molar-refractivity contribution is 6.37. The zero-order valence-corrected chi connectivity index (χ0v) is 17.6. The summed E-state index contributed by atoms with van der Waals surface area (Å²) in [7, 11) is 0. The Morgan fingerprint density at radius 2 is 1.86 bits per heavy atom. The number of rotatable bonds is 6. The summed E-state index contributed by atoms with van der Waals surface area (Å²) in [6, 6.07) is 9.85. The summed E-state index contributed by atoms with van der Waals surface area (Å²) in [6.45, 7) is 4.81. The Hall–Kier alpha value is -2.28. The number of amides is 1. The largest absolute Gasteiger partial charge is 0.462 e. The number of benzene rings is 2. The van der Waals surface area contributed by atoms with Gasteiger partial charge in [-0.3, -0.25) is 4.79 Å². The maximum Gasteiger partial charge on any atom is 0.340 e. The molecule has 2 aromatic carbocycles. The van der Waals surface area contributed by atoms with E-state index in [0.717, 1.165) is 12.1 Å². The van der Waals surface area contributed by atoms with Gasteiger partial charge < -0.3 is 19.7 Å². The van der Waals surface area contributed by atoms with Crippen molar-refractivity contribution in [3.8, 4) is 0 Å². The van der Waals surface area contributed by atoms with E-state index in [1.807, 2.05) is 13.0 Å². The van der Waals surface area contributed by atoms with Gasteiger partial charge in [-0.15, -0.1) is 0 Å². The Morgan fingerprint density at radius 3 is 2.55 bits per heavy atom. The highest BCUT2D eigenvalue weighted by Gasteiger charge is 2.21. The fourth-order valence-electron chi connectivity index (χ4n) is 3.00. The second kappa shape index (κ2) is 9.96. The van der Waals surface area contributed by atoms with E-state index in [4.69, 9.17) is 32.7 Å². The van der Waals surface area contributed by atoms with E-state index < -0.39 is 11.9 Å². The lowest BCUT2D eigenvalue weighted by molar-refractivity contribution is 0.0504. The van der Waals surface area contributed by atoms with Crippen LogP contribution in [-0.2, 0) is 9.47 Å². The van der Waals surface area contributed by atoms with Gasteiger partial charge >= 0.3 is 5.97 Å². The molecule has 6 nitrogen and oxygen atoms in total. The van der Waals surface area contributed by atoms with Crippen LogP contribution in [0.4, 0.5) is 11.4 Å². The summed E-state index contributed by atoms with van der Waals surface area (Å²) in [5.41, 5.74) is 1.93. The Bertz CT molecular complexity index is 898. The van der Waals surface area contributed by atoms with Gasteiger partial charge in [0.15, 0.2) is 0 Å². The molecule has 154 valence electrons. The molecule has 0 radical (unpaired) electrons. The van der Waals surface area contributed by atoms with E-state index in [-0.39, 0.29) is 5.02 Å². The van der Waals surface area contributed by atoms with Crippen LogP contribution < -0.4 is 10.2 Å². The van der Waals surface area contributed by atoms with Crippen LogP contribution in [0, 0.1) is 0 Å². The van der Waals surface area contributed by atoms with Crippen LogP contribution in [0.5, 0.6) is 0 Å². The molecule has 0 bridgehead atoms. The SMILES string of the molecule is CCCOC(=O)c1cc(NC(=O)c2ccc(Cl)cc2Cl)ccc1N1CCOCC1. The van der Waals surface area contributed by atoms with Gasteiger partial charge in [0.1, 0.15) is 0 Å². The highest BCUT2D eigenvalue weighted by Crippen LogP contribution is 2.27. The lowest BCUT2D eigenvalue weighted by Crippen LogP contribution is -2.37. The third kappa shape index (κ3) is 5.41. The summed E-state index contributed by atoms with van der Waals surface area (Å²) in [4.78, 5) is 27.3. The van der Waals surface area contributed by atoms with Crippen molar-refractivity contribution in [2.24, 2.45) is 0 Å². The predicted molar refractivity (Wildman–Crippen MR) is 114 cm³/mol. The number of hydrogen-bond acceptors (Lipinski definition) is 5.